The van der Waals surface area contributed by atoms with Gasteiger partial charge in [0.2, 0.25) is 0 Å². The molecule has 2 unspecified atom stereocenters. The summed E-state index contributed by atoms with van der Waals surface area (Å²) < 4.78 is 0. The van der Waals surface area contributed by atoms with Crippen molar-refractivity contribution in [3.8, 4) is 6.07 Å². The third-order valence-electron chi connectivity index (χ3n) is 2.32. The van der Waals surface area contributed by atoms with Crippen LogP contribution in [0.15, 0.2) is 24.3 Å². The summed E-state index contributed by atoms with van der Waals surface area (Å²) in [5.41, 5.74) is 2.24. The van der Waals surface area contributed by atoms with Crippen molar-refractivity contribution in [1.29, 1.82) is 5.26 Å². The molecule has 0 aromatic heterocycles. The Kier molecular flexibility index (Phi) is 1.51. The first-order valence-electron chi connectivity index (χ1n) is 4.08. The van der Waals surface area contributed by atoms with E-state index in [1.807, 2.05) is 31.2 Å². The molecular weight excluding hydrogens is 148 g/mol. The van der Waals surface area contributed by atoms with Crippen LogP contribution in [0.4, 0.5) is 5.69 Å². The SMILES string of the molecule is CC1Nc2ccccc2C1C#N. The van der Waals surface area contributed by atoms with Gasteiger partial charge in [-0.15, -0.1) is 0 Å². The topological polar surface area (TPSA) is 35.8 Å². The molecule has 0 saturated carbocycles. The van der Waals surface area contributed by atoms with Crippen molar-refractivity contribution < 1.29 is 0 Å². The summed E-state index contributed by atoms with van der Waals surface area (Å²) in [5, 5.41) is 12.2. The lowest BCUT2D eigenvalue weighted by Crippen LogP contribution is -2.14. The lowest BCUT2D eigenvalue weighted by Gasteiger charge is -2.05. The molecule has 1 aliphatic heterocycles. The quantitative estimate of drug-likeness (QED) is 0.627. The molecule has 1 aromatic rings. The van der Waals surface area contributed by atoms with Gasteiger partial charge in [-0.1, -0.05) is 18.2 Å². The van der Waals surface area contributed by atoms with Gasteiger partial charge in [0.05, 0.1) is 12.0 Å². The Morgan fingerprint density at radius 2 is 2.17 bits per heavy atom. The van der Waals surface area contributed by atoms with E-state index in [9.17, 15) is 0 Å². The highest BCUT2D eigenvalue weighted by Gasteiger charge is 2.27. The molecule has 0 saturated heterocycles. The van der Waals surface area contributed by atoms with Crippen LogP contribution in [0.25, 0.3) is 0 Å². The normalized spacial score (nSPS) is 25.7. The molecule has 12 heavy (non-hydrogen) atoms. The van der Waals surface area contributed by atoms with Gasteiger partial charge in [-0.2, -0.15) is 5.26 Å². The van der Waals surface area contributed by atoms with E-state index >= 15 is 0 Å². The lowest BCUT2D eigenvalue weighted by atomic mass is 9.98. The Hall–Kier alpha value is -1.49. The molecule has 2 rings (SSSR count). The van der Waals surface area contributed by atoms with Crippen LogP contribution in [0.1, 0.15) is 18.4 Å². The summed E-state index contributed by atoms with van der Waals surface area (Å²) >= 11 is 0. The van der Waals surface area contributed by atoms with Crippen LogP contribution in [-0.4, -0.2) is 6.04 Å². The van der Waals surface area contributed by atoms with Gasteiger partial charge in [-0.05, 0) is 18.6 Å². The third kappa shape index (κ3) is 0.868. The molecule has 0 amide bonds. The number of rotatable bonds is 0. The van der Waals surface area contributed by atoms with E-state index in [0.717, 1.165) is 11.3 Å². The van der Waals surface area contributed by atoms with Crippen molar-refractivity contribution in [2.24, 2.45) is 0 Å². The first-order chi connectivity index (χ1) is 5.83. The summed E-state index contributed by atoms with van der Waals surface area (Å²) in [5.74, 6) is 0.0150. The Morgan fingerprint density at radius 3 is 2.92 bits per heavy atom. The second-order valence-corrected chi connectivity index (χ2v) is 3.13. The zero-order valence-corrected chi connectivity index (χ0v) is 6.91. The summed E-state index contributed by atoms with van der Waals surface area (Å²) in [6.45, 7) is 2.04. The second-order valence-electron chi connectivity index (χ2n) is 3.13. The largest absolute Gasteiger partial charge is 0.381 e. The van der Waals surface area contributed by atoms with Crippen molar-refractivity contribution in [2.45, 2.75) is 18.9 Å². The maximum absolute atomic E-state index is 8.89. The molecule has 2 heteroatoms. The standard InChI is InChI=1S/C10H10N2/c1-7-9(6-11)8-4-2-3-5-10(8)12-7/h2-5,7,9,12H,1H3. The molecule has 2 atom stereocenters. The summed E-state index contributed by atoms with van der Waals surface area (Å²) in [4.78, 5) is 0. The maximum atomic E-state index is 8.89. The average molecular weight is 158 g/mol. The van der Waals surface area contributed by atoms with E-state index in [-0.39, 0.29) is 12.0 Å². The van der Waals surface area contributed by atoms with Gasteiger partial charge in [0.25, 0.3) is 0 Å². The first kappa shape index (κ1) is 7.17. The molecule has 0 fully saturated rings. The number of hydrogen-bond donors (Lipinski definition) is 1. The molecule has 0 radical (unpaired) electrons. The van der Waals surface area contributed by atoms with Crippen LogP contribution in [0, 0.1) is 11.3 Å². The molecule has 0 bridgehead atoms. The van der Waals surface area contributed by atoms with Crippen molar-refractivity contribution >= 4 is 5.69 Å². The number of nitrogens with one attached hydrogen (secondary N) is 1. The van der Waals surface area contributed by atoms with Crippen LogP contribution in [0.3, 0.4) is 0 Å². The number of benzene rings is 1. The van der Waals surface area contributed by atoms with Gasteiger partial charge < -0.3 is 5.32 Å². The fourth-order valence-electron chi connectivity index (χ4n) is 1.68. The summed E-state index contributed by atoms with van der Waals surface area (Å²) in [6, 6.07) is 10.5. The number of para-hydroxylation sites is 1. The van der Waals surface area contributed by atoms with Crippen LogP contribution in [-0.2, 0) is 0 Å². The molecule has 1 N–H and O–H groups in total. The Balaban J connectivity index is 2.49. The van der Waals surface area contributed by atoms with Gasteiger partial charge in [0.1, 0.15) is 0 Å². The minimum Gasteiger partial charge on any atom is -0.381 e. The van der Waals surface area contributed by atoms with E-state index in [2.05, 4.69) is 11.4 Å². The average Bonchev–Trinajstić information content (AvgIpc) is 2.40. The minimum atomic E-state index is 0.0150. The molecule has 1 heterocycles. The van der Waals surface area contributed by atoms with Crippen LogP contribution in [0.5, 0.6) is 0 Å². The first-order valence-corrected chi connectivity index (χ1v) is 4.08. The van der Waals surface area contributed by atoms with Crippen LogP contribution < -0.4 is 5.32 Å². The second kappa shape index (κ2) is 2.53. The monoisotopic (exact) mass is 158 g/mol. The van der Waals surface area contributed by atoms with Crippen LogP contribution >= 0.6 is 0 Å². The predicted octanol–water partition coefficient (Wildman–Crippen LogP) is 2.11. The van der Waals surface area contributed by atoms with E-state index in [0.29, 0.717) is 0 Å². The van der Waals surface area contributed by atoms with Gasteiger partial charge in [-0.25, -0.2) is 0 Å². The Labute approximate surface area is 71.8 Å². The van der Waals surface area contributed by atoms with E-state index in [4.69, 9.17) is 5.26 Å². The maximum Gasteiger partial charge on any atom is 0.0930 e. The van der Waals surface area contributed by atoms with E-state index < -0.39 is 0 Å². The molecular formula is C10H10N2. The molecule has 0 aliphatic carbocycles. The van der Waals surface area contributed by atoms with Crippen molar-refractivity contribution in [3.05, 3.63) is 29.8 Å². The Bertz CT molecular complexity index is 338. The zero-order chi connectivity index (χ0) is 8.55. The molecule has 60 valence electrons. The smallest absolute Gasteiger partial charge is 0.0930 e. The number of fused-ring (bicyclic) bond motifs is 1. The highest BCUT2D eigenvalue weighted by atomic mass is 15.0. The van der Waals surface area contributed by atoms with Gasteiger partial charge in [0, 0.05) is 11.7 Å². The van der Waals surface area contributed by atoms with Crippen molar-refractivity contribution in [2.75, 3.05) is 5.32 Å². The van der Waals surface area contributed by atoms with E-state index in [1.54, 1.807) is 0 Å². The summed E-state index contributed by atoms with van der Waals surface area (Å²) in [6.07, 6.45) is 0. The lowest BCUT2D eigenvalue weighted by molar-refractivity contribution is 0.760. The van der Waals surface area contributed by atoms with Gasteiger partial charge in [-0.3, -0.25) is 0 Å². The fraction of sp³-hybridized carbons (Fsp3) is 0.300. The number of nitriles is 1. The summed E-state index contributed by atoms with van der Waals surface area (Å²) in [7, 11) is 0. The van der Waals surface area contributed by atoms with Crippen LogP contribution in [0.2, 0.25) is 0 Å². The van der Waals surface area contributed by atoms with Gasteiger partial charge >= 0.3 is 0 Å². The molecule has 0 spiro atoms. The number of anilines is 1. The van der Waals surface area contributed by atoms with Crippen molar-refractivity contribution in [1.82, 2.24) is 0 Å². The molecule has 2 nitrogen and oxygen atoms in total. The highest BCUT2D eigenvalue weighted by Crippen LogP contribution is 2.34. The highest BCUT2D eigenvalue weighted by molar-refractivity contribution is 5.60. The molecule has 1 aliphatic rings. The Morgan fingerprint density at radius 1 is 1.42 bits per heavy atom. The minimum absolute atomic E-state index is 0.0150. The van der Waals surface area contributed by atoms with Crippen molar-refractivity contribution in [3.63, 3.8) is 0 Å². The number of hydrogen-bond acceptors (Lipinski definition) is 2. The fourth-order valence-corrected chi connectivity index (χ4v) is 1.68. The number of nitrogens with zero attached hydrogens (tertiary/aromatic N) is 1. The predicted molar refractivity (Wildman–Crippen MR) is 47.9 cm³/mol. The van der Waals surface area contributed by atoms with Gasteiger partial charge in [0.15, 0.2) is 0 Å². The zero-order valence-electron chi connectivity index (χ0n) is 6.91. The molecule has 1 aromatic carbocycles. The third-order valence-corrected chi connectivity index (χ3v) is 2.32. The van der Waals surface area contributed by atoms with E-state index in [1.165, 1.54) is 0 Å².